The van der Waals surface area contributed by atoms with Crippen molar-refractivity contribution in [1.82, 2.24) is 35.0 Å². The number of carbonyl (C=O) groups excluding carboxylic acids is 1. The van der Waals surface area contributed by atoms with Crippen LogP contribution >= 0.6 is 0 Å². The monoisotopic (exact) mass is 385 g/mol. The van der Waals surface area contributed by atoms with Crippen molar-refractivity contribution in [2.45, 2.75) is 31.8 Å². The molecule has 4 heterocycles. The number of nitrogens with zero attached hydrogens (tertiary/aromatic N) is 6. The fraction of sp³-hybridized carbons (Fsp3) is 0.238. The zero-order chi connectivity index (χ0) is 19.6. The first-order chi connectivity index (χ1) is 14.3. The maximum atomic E-state index is 12.9. The fourth-order valence-corrected chi connectivity index (χ4v) is 3.79. The van der Waals surface area contributed by atoms with E-state index in [4.69, 9.17) is 0 Å². The molecule has 0 radical (unpaired) electrons. The number of benzene rings is 1. The minimum atomic E-state index is -0.117. The average Bonchev–Trinajstić information content (AvgIpc) is 3.08. The first-order valence-corrected chi connectivity index (χ1v) is 9.62. The molecule has 1 atom stereocenters. The molecule has 8 heteroatoms. The third kappa shape index (κ3) is 3.33. The molecule has 0 aliphatic carbocycles. The lowest BCUT2D eigenvalue weighted by Crippen LogP contribution is -2.35. The summed E-state index contributed by atoms with van der Waals surface area (Å²) >= 11 is 0. The molecule has 29 heavy (non-hydrogen) atoms. The van der Waals surface area contributed by atoms with Crippen LogP contribution in [0.5, 0.6) is 0 Å². The van der Waals surface area contributed by atoms with E-state index in [9.17, 15) is 4.79 Å². The number of carbonyl (C=O) groups is 1. The van der Waals surface area contributed by atoms with Gasteiger partial charge in [-0.1, -0.05) is 6.07 Å². The van der Waals surface area contributed by atoms with E-state index in [1.54, 1.807) is 30.9 Å². The summed E-state index contributed by atoms with van der Waals surface area (Å²) < 4.78 is 2.14. The zero-order valence-electron chi connectivity index (χ0n) is 15.7. The summed E-state index contributed by atoms with van der Waals surface area (Å²) in [6.45, 7) is 0.750. The standard InChI is InChI=1S/C21H19N7O/c29-21(16-2-1-3-17-19(16)24-12-11-23-17)25-15-4-5-18-26-27-20(28(18)13-8-15)14-6-9-22-10-7-14/h1-3,6-7,9-12,15H,4-5,8,13H2,(H,25,29). The average molecular weight is 385 g/mol. The number of nitrogens with one attached hydrogen (secondary N) is 1. The molecule has 0 saturated carbocycles. The Morgan fingerprint density at radius 2 is 1.86 bits per heavy atom. The predicted octanol–water partition coefficient (Wildman–Crippen LogP) is 2.42. The zero-order valence-corrected chi connectivity index (χ0v) is 15.7. The highest BCUT2D eigenvalue weighted by Gasteiger charge is 2.23. The Balaban J connectivity index is 1.34. The van der Waals surface area contributed by atoms with Crippen LogP contribution in [-0.2, 0) is 13.0 Å². The summed E-state index contributed by atoms with van der Waals surface area (Å²) in [5, 5.41) is 11.9. The van der Waals surface area contributed by atoms with Gasteiger partial charge in [0.2, 0.25) is 0 Å². The number of hydrogen-bond acceptors (Lipinski definition) is 6. The second-order valence-corrected chi connectivity index (χ2v) is 7.05. The number of rotatable bonds is 3. The normalized spacial score (nSPS) is 16.2. The predicted molar refractivity (Wildman–Crippen MR) is 107 cm³/mol. The van der Waals surface area contributed by atoms with Gasteiger partial charge in [0, 0.05) is 49.4 Å². The fourth-order valence-electron chi connectivity index (χ4n) is 3.79. The molecular weight excluding hydrogens is 366 g/mol. The summed E-state index contributed by atoms with van der Waals surface area (Å²) in [5.41, 5.74) is 2.89. The maximum Gasteiger partial charge on any atom is 0.253 e. The van der Waals surface area contributed by atoms with Gasteiger partial charge in [-0.05, 0) is 37.1 Å². The van der Waals surface area contributed by atoms with Gasteiger partial charge in [-0.25, -0.2) is 0 Å². The molecule has 1 unspecified atom stereocenters. The Morgan fingerprint density at radius 1 is 1.00 bits per heavy atom. The SMILES string of the molecule is O=C(NC1CCc2nnc(-c3ccncc3)n2CC1)c1cccc2nccnc12. The van der Waals surface area contributed by atoms with Gasteiger partial charge in [-0.15, -0.1) is 10.2 Å². The third-order valence-corrected chi connectivity index (χ3v) is 5.26. The Morgan fingerprint density at radius 3 is 2.76 bits per heavy atom. The van der Waals surface area contributed by atoms with E-state index in [0.29, 0.717) is 16.6 Å². The molecule has 1 N–H and O–H groups in total. The Kier molecular flexibility index (Phi) is 4.44. The first kappa shape index (κ1) is 17.4. The molecule has 8 nitrogen and oxygen atoms in total. The van der Waals surface area contributed by atoms with Crippen molar-refractivity contribution in [2.24, 2.45) is 0 Å². The number of hydrogen-bond donors (Lipinski definition) is 1. The van der Waals surface area contributed by atoms with Gasteiger partial charge in [0.15, 0.2) is 5.82 Å². The van der Waals surface area contributed by atoms with Gasteiger partial charge in [-0.2, -0.15) is 0 Å². The van der Waals surface area contributed by atoms with E-state index in [2.05, 4.69) is 35.0 Å². The topological polar surface area (TPSA) is 98.5 Å². The Hall–Kier alpha value is -3.68. The lowest BCUT2D eigenvalue weighted by Gasteiger charge is -2.16. The number of amides is 1. The van der Waals surface area contributed by atoms with Crippen molar-refractivity contribution in [3.05, 3.63) is 66.5 Å². The summed E-state index contributed by atoms with van der Waals surface area (Å²) in [7, 11) is 0. The van der Waals surface area contributed by atoms with Crippen molar-refractivity contribution >= 4 is 16.9 Å². The second-order valence-electron chi connectivity index (χ2n) is 7.05. The number of fused-ring (bicyclic) bond motifs is 2. The largest absolute Gasteiger partial charge is 0.349 e. The van der Waals surface area contributed by atoms with Crippen molar-refractivity contribution in [1.29, 1.82) is 0 Å². The van der Waals surface area contributed by atoms with Gasteiger partial charge in [0.1, 0.15) is 11.3 Å². The van der Waals surface area contributed by atoms with Crippen LogP contribution in [0, 0.1) is 0 Å². The maximum absolute atomic E-state index is 12.9. The van der Waals surface area contributed by atoms with Crippen LogP contribution in [-0.4, -0.2) is 41.7 Å². The van der Waals surface area contributed by atoms with Gasteiger partial charge in [0.25, 0.3) is 5.91 Å². The van der Waals surface area contributed by atoms with Crippen molar-refractivity contribution in [2.75, 3.05) is 0 Å². The van der Waals surface area contributed by atoms with Crippen LogP contribution in [0.25, 0.3) is 22.4 Å². The first-order valence-electron chi connectivity index (χ1n) is 9.62. The number of aryl methyl sites for hydroxylation is 1. The van der Waals surface area contributed by atoms with Gasteiger partial charge < -0.3 is 9.88 Å². The summed E-state index contributed by atoms with van der Waals surface area (Å²) in [6.07, 6.45) is 9.14. The van der Waals surface area contributed by atoms with Gasteiger partial charge >= 0.3 is 0 Å². The van der Waals surface area contributed by atoms with E-state index in [1.165, 1.54) is 0 Å². The van der Waals surface area contributed by atoms with Crippen LogP contribution in [0.2, 0.25) is 0 Å². The van der Waals surface area contributed by atoms with Crippen molar-refractivity contribution < 1.29 is 4.79 Å². The Bertz CT molecular complexity index is 1170. The number of aromatic nitrogens is 6. The van der Waals surface area contributed by atoms with Crippen LogP contribution in [0.1, 0.15) is 29.0 Å². The lowest BCUT2D eigenvalue weighted by molar-refractivity contribution is 0.0934. The molecule has 1 amide bonds. The number of para-hydroxylation sites is 1. The minimum absolute atomic E-state index is 0.0569. The molecule has 1 aliphatic rings. The highest BCUT2D eigenvalue weighted by atomic mass is 16.1. The van der Waals surface area contributed by atoms with Crippen LogP contribution < -0.4 is 5.32 Å². The molecule has 1 aromatic carbocycles. The molecule has 0 fully saturated rings. The lowest BCUT2D eigenvalue weighted by atomic mass is 10.1. The molecule has 1 aliphatic heterocycles. The molecule has 0 bridgehead atoms. The summed E-state index contributed by atoms with van der Waals surface area (Å²) in [4.78, 5) is 25.6. The molecule has 5 rings (SSSR count). The molecule has 0 saturated heterocycles. The number of pyridine rings is 1. The van der Waals surface area contributed by atoms with E-state index in [1.807, 2.05) is 24.3 Å². The third-order valence-electron chi connectivity index (χ3n) is 5.26. The van der Waals surface area contributed by atoms with E-state index >= 15 is 0 Å². The van der Waals surface area contributed by atoms with Crippen molar-refractivity contribution in [3.8, 4) is 11.4 Å². The van der Waals surface area contributed by atoms with Crippen molar-refractivity contribution in [3.63, 3.8) is 0 Å². The van der Waals surface area contributed by atoms with Crippen LogP contribution in [0.4, 0.5) is 0 Å². The highest BCUT2D eigenvalue weighted by Crippen LogP contribution is 2.23. The van der Waals surface area contributed by atoms with Crippen LogP contribution in [0.15, 0.2) is 55.1 Å². The van der Waals surface area contributed by atoms with E-state index < -0.39 is 0 Å². The molecule has 3 aromatic heterocycles. The van der Waals surface area contributed by atoms with E-state index in [0.717, 1.165) is 43.0 Å². The van der Waals surface area contributed by atoms with Gasteiger partial charge in [0.05, 0.1) is 11.1 Å². The highest BCUT2D eigenvalue weighted by molar-refractivity contribution is 6.04. The molecule has 144 valence electrons. The summed E-state index contributed by atoms with van der Waals surface area (Å²) in [6, 6.07) is 9.41. The summed E-state index contributed by atoms with van der Waals surface area (Å²) in [5.74, 6) is 1.68. The molecule has 0 spiro atoms. The molecule has 4 aromatic rings. The van der Waals surface area contributed by atoms with Crippen LogP contribution in [0.3, 0.4) is 0 Å². The smallest absolute Gasteiger partial charge is 0.253 e. The van der Waals surface area contributed by atoms with E-state index in [-0.39, 0.29) is 11.9 Å². The molecular formula is C21H19N7O. The Labute approximate surface area is 167 Å². The second kappa shape index (κ2) is 7.38. The minimum Gasteiger partial charge on any atom is -0.349 e. The van der Waals surface area contributed by atoms with Gasteiger partial charge in [-0.3, -0.25) is 19.7 Å². The quantitative estimate of drug-likeness (QED) is 0.582.